The number of nitrogens with zero attached hydrogens (tertiary/aromatic N) is 1. The average Bonchev–Trinajstić information content (AvgIpc) is 2.45. The molecule has 1 aliphatic rings. The van der Waals surface area contributed by atoms with Crippen LogP contribution in [-0.4, -0.2) is 25.7 Å². The first-order chi connectivity index (χ1) is 11.1. The molecule has 0 atom stereocenters. The first-order valence-corrected chi connectivity index (χ1v) is 7.83. The van der Waals surface area contributed by atoms with Gasteiger partial charge in [0.2, 0.25) is 0 Å². The number of halogens is 3. The van der Waals surface area contributed by atoms with Gasteiger partial charge in [-0.05, 0) is 31.7 Å². The zero-order valence-corrected chi connectivity index (χ0v) is 16.0. The van der Waals surface area contributed by atoms with E-state index in [4.69, 9.17) is 10.5 Å². The Morgan fingerprint density at radius 1 is 1.42 bits per heavy atom. The SMILES string of the molecule is CCOc1cccc(CN=C(N)NCC2CCC2)c1OC(F)F.I. The van der Waals surface area contributed by atoms with Gasteiger partial charge in [-0.1, -0.05) is 18.6 Å². The predicted octanol–water partition coefficient (Wildman–Crippen LogP) is 3.51. The van der Waals surface area contributed by atoms with Gasteiger partial charge in [0, 0.05) is 12.1 Å². The summed E-state index contributed by atoms with van der Waals surface area (Å²) >= 11 is 0. The van der Waals surface area contributed by atoms with Crippen LogP contribution in [0, 0.1) is 5.92 Å². The van der Waals surface area contributed by atoms with Crippen molar-refractivity contribution in [3.05, 3.63) is 23.8 Å². The van der Waals surface area contributed by atoms with E-state index in [1.807, 2.05) is 0 Å². The summed E-state index contributed by atoms with van der Waals surface area (Å²) in [6, 6.07) is 4.97. The minimum absolute atomic E-state index is 0. The molecule has 2 rings (SSSR count). The Morgan fingerprint density at radius 3 is 2.75 bits per heavy atom. The molecule has 0 aromatic heterocycles. The monoisotopic (exact) mass is 455 g/mol. The fraction of sp³-hybridized carbons (Fsp3) is 0.562. The molecule has 0 saturated heterocycles. The van der Waals surface area contributed by atoms with Gasteiger partial charge in [0.1, 0.15) is 0 Å². The molecule has 5 nitrogen and oxygen atoms in total. The first kappa shape index (κ1) is 20.7. The lowest BCUT2D eigenvalue weighted by Gasteiger charge is -2.25. The molecule has 0 unspecified atom stereocenters. The van der Waals surface area contributed by atoms with E-state index in [-0.39, 0.29) is 42.0 Å². The van der Waals surface area contributed by atoms with Crippen LogP contribution in [-0.2, 0) is 6.54 Å². The first-order valence-electron chi connectivity index (χ1n) is 7.83. The van der Waals surface area contributed by atoms with Gasteiger partial charge in [-0.25, -0.2) is 4.99 Å². The summed E-state index contributed by atoms with van der Waals surface area (Å²) in [7, 11) is 0. The normalized spacial score (nSPS) is 14.8. The number of aliphatic imine (C=N–C) groups is 1. The summed E-state index contributed by atoms with van der Waals surface area (Å²) in [5.74, 6) is 1.26. The van der Waals surface area contributed by atoms with Crippen LogP contribution in [0.25, 0.3) is 0 Å². The number of hydrogen-bond donors (Lipinski definition) is 2. The minimum atomic E-state index is -2.92. The Bertz CT molecular complexity index is 540. The lowest BCUT2D eigenvalue weighted by Crippen LogP contribution is -2.37. The summed E-state index contributed by atoms with van der Waals surface area (Å²) < 4.78 is 35.2. The second-order valence-corrected chi connectivity index (χ2v) is 5.44. The van der Waals surface area contributed by atoms with Crippen molar-refractivity contribution in [2.45, 2.75) is 39.3 Å². The van der Waals surface area contributed by atoms with Gasteiger partial charge in [0.15, 0.2) is 17.5 Å². The molecule has 0 heterocycles. The van der Waals surface area contributed by atoms with E-state index in [0.717, 1.165) is 6.54 Å². The summed E-state index contributed by atoms with van der Waals surface area (Å²) in [5.41, 5.74) is 6.32. The second-order valence-electron chi connectivity index (χ2n) is 5.44. The van der Waals surface area contributed by atoms with Gasteiger partial charge in [-0.15, -0.1) is 24.0 Å². The molecule has 8 heteroatoms. The number of ether oxygens (including phenoxy) is 2. The highest BCUT2D eigenvalue weighted by atomic mass is 127. The van der Waals surface area contributed by atoms with E-state index in [9.17, 15) is 8.78 Å². The van der Waals surface area contributed by atoms with E-state index in [1.165, 1.54) is 19.3 Å². The number of guanidine groups is 1. The van der Waals surface area contributed by atoms with Crippen molar-refractivity contribution >= 4 is 29.9 Å². The molecule has 0 bridgehead atoms. The van der Waals surface area contributed by atoms with Crippen LogP contribution in [0.1, 0.15) is 31.7 Å². The molecular weight excluding hydrogens is 431 g/mol. The Morgan fingerprint density at radius 2 is 2.17 bits per heavy atom. The molecule has 1 aromatic rings. The number of hydrogen-bond acceptors (Lipinski definition) is 3. The Labute approximate surface area is 158 Å². The fourth-order valence-corrected chi connectivity index (χ4v) is 2.35. The van der Waals surface area contributed by atoms with E-state index in [2.05, 4.69) is 15.0 Å². The molecule has 0 radical (unpaired) electrons. The highest BCUT2D eigenvalue weighted by Gasteiger charge is 2.17. The Kier molecular flexibility index (Phi) is 9.09. The van der Waals surface area contributed by atoms with E-state index in [0.29, 0.717) is 24.0 Å². The van der Waals surface area contributed by atoms with Crippen LogP contribution in [0.4, 0.5) is 8.78 Å². The molecule has 1 aromatic carbocycles. The molecule has 0 spiro atoms. The van der Waals surface area contributed by atoms with E-state index >= 15 is 0 Å². The molecule has 3 N–H and O–H groups in total. The third kappa shape index (κ3) is 6.29. The van der Waals surface area contributed by atoms with Crippen LogP contribution in [0.2, 0.25) is 0 Å². The molecule has 1 aliphatic carbocycles. The number of rotatable bonds is 8. The average molecular weight is 455 g/mol. The molecule has 0 amide bonds. The second kappa shape index (κ2) is 10.5. The molecule has 0 aliphatic heterocycles. The summed E-state index contributed by atoms with van der Waals surface area (Å²) in [4.78, 5) is 4.20. The number of benzene rings is 1. The summed E-state index contributed by atoms with van der Waals surface area (Å²) in [5, 5.41) is 3.06. The maximum Gasteiger partial charge on any atom is 0.387 e. The largest absolute Gasteiger partial charge is 0.490 e. The fourth-order valence-electron chi connectivity index (χ4n) is 2.35. The van der Waals surface area contributed by atoms with E-state index in [1.54, 1.807) is 25.1 Å². The maximum atomic E-state index is 12.6. The number of nitrogens with one attached hydrogen (secondary N) is 1. The molecule has 136 valence electrons. The van der Waals surface area contributed by atoms with Crippen LogP contribution in [0.15, 0.2) is 23.2 Å². The molecule has 1 fully saturated rings. The number of nitrogens with two attached hydrogens (primary N) is 1. The Hall–Kier alpha value is -1.32. The summed E-state index contributed by atoms with van der Waals surface area (Å²) in [6.07, 6.45) is 3.69. The molecule has 1 saturated carbocycles. The standard InChI is InChI=1S/C16H23F2N3O2.HI/c1-2-22-13-8-4-7-12(14(13)23-15(17)18)10-21-16(19)20-9-11-5-3-6-11;/h4,7-8,11,15H,2-3,5-6,9-10H2,1H3,(H3,19,20,21);1H. The maximum absolute atomic E-state index is 12.6. The van der Waals surface area contributed by atoms with Gasteiger partial charge >= 0.3 is 6.61 Å². The zero-order chi connectivity index (χ0) is 16.7. The van der Waals surface area contributed by atoms with Gasteiger partial charge in [-0.3, -0.25) is 0 Å². The smallest absolute Gasteiger partial charge is 0.387 e. The topological polar surface area (TPSA) is 68.9 Å². The van der Waals surface area contributed by atoms with Crippen LogP contribution < -0.4 is 20.5 Å². The van der Waals surface area contributed by atoms with Crippen molar-refractivity contribution in [1.29, 1.82) is 0 Å². The van der Waals surface area contributed by atoms with Crippen molar-refractivity contribution in [1.82, 2.24) is 5.32 Å². The van der Waals surface area contributed by atoms with Crippen molar-refractivity contribution in [3.8, 4) is 11.5 Å². The van der Waals surface area contributed by atoms with Crippen molar-refractivity contribution in [2.75, 3.05) is 13.2 Å². The van der Waals surface area contributed by atoms with Crippen LogP contribution >= 0.6 is 24.0 Å². The summed E-state index contributed by atoms with van der Waals surface area (Å²) in [6.45, 7) is 0.159. The lowest BCUT2D eigenvalue weighted by atomic mass is 9.85. The van der Waals surface area contributed by atoms with Crippen molar-refractivity contribution < 1.29 is 18.3 Å². The zero-order valence-electron chi connectivity index (χ0n) is 13.6. The lowest BCUT2D eigenvalue weighted by molar-refractivity contribution is -0.0520. The van der Waals surface area contributed by atoms with Gasteiger partial charge in [0.25, 0.3) is 0 Å². The Balaban J connectivity index is 0.00000288. The van der Waals surface area contributed by atoms with Gasteiger partial charge < -0.3 is 20.5 Å². The van der Waals surface area contributed by atoms with Crippen molar-refractivity contribution in [3.63, 3.8) is 0 Å². The quantitative estimate of drug-likeness (QED) is 0.358. The van der Waals surface area contributed by atoms with Crippen molar-refractivity contribution in [2.24, 2.45) is 16.6 Å². The van der Waals surface area contributed by atoms with Gasteiger partial charge in [-0.2, -0.15) is 8.78 Å². The third-order valence-electron chi connectivity index (χ3n) is 3.78. The molecule has 24 heavy (non-hydrogen) atoms. The van der Waals surface area contributed by atoms with Gasteiger partial charge in [0.05, 0.1) is 13.2 Å². The highest BCUT2D eigenvalue weighted by molar-refractivity contribution is 14.0. The van der Waals surface area contributed by atoms with Crippen LogP contribution in [0.3, 0.4) is 0 Å². The van der Waals surface area contributed by atoms with E-state index < -0.39 is 6.61 Å². The minimum Gasteiger partial charge on any atom is -0.490 e. The highest BCUT2D eigenvalue weighted by Crippen LogP contribution is 2.33. The number of para-hydroxylation sites is 1. The predicted molar refractivity (Wildman–Crippen MR) is 100 cm³/mol. The molecular formula is C16H24F2IN3O2. The number of alkyl halides is 2. The van der Waals surface area contributed by atoms with Crippen LogP contribution in [0.5, 0.6) is 11.5 Å². The third-order valence-corrected chi connectivity index (χ3v) is 3.78.